The van der Waals surface area contributed by atoms with Gasteiger partial charge in [0, 0.05) is 36.6 Å². The van der Waals surface area contributed by atoms with Gasteiger partial charge in [-0.1, -0.05) is 0 Å². The summed E-state index contributed by atoms with van der Waals surface area (Å²) in [7, 11) is 0. The molecule has 0 amide bonds. The molecule has 3 aliphatic rings. The predicted molar refractivity (Wildman–Crippen MR) is 73.3 cm³/mol. The monoisotopic (exact) mass is 260 g/mol. The van der Waals surface area contributed by atoms with Crippen molar-refractivity contribution in [1.82, 2.24) is 9.55 Å². The maximum atomic E-state index is 12.6. The molecule has 2 N–H and O–H groups in total. The summed E-state index contributed by atoms with van der Waals surface area (Å²) < 4.78 is 1.87. The first-order valence-electron chi connectivity index (χ1n) is 7.35. The van der Waals surface area contributed by atoms with Gasteiger partial charge in [0.1, 0.15) is 0 Å². The number of rotatable bonds is 2. The van der Waals surface area contributed by atoms with Gasteiger partial charge in [-0.3, -0.25) is 4.79 Å². The molecule has 5 nitrogen and oxygen atoms in total. The highest BCUT2D eigenvalue weighted by Crippen LogP contribution is 2.38. The topological polar surface area (TPSA) is 64.2 Å². The van der Waals surface area contributed by atoms with E-state index in [9.17, 15) is 4.79 Å². The average molecular weight is 260 g/mol. The first-order chi connectivity index (χ1) is 9.24. The van der Waals surface area contributed by atoms with Gasteiger partial charge in [0.15, 0.2) is 5.82 Å². The van der Waals surface area contributed by atoms with Crippen LogP contribution in [0.2, 0.25) is 0 Å². The number of hydrogen-bond acceptors (Lipinski definition) is 4. The Bertz CT molecular complexity index is 537. The highest BCUT2D eigenvalue weighted by Gasteiger charge is 2.41. The molecule has 3 fully saturated rings. The zero-order valence-electron chi connectivity index (χ0n) is 11.0. The van der Waals surface area contributed by atoms with Crippen LogP contribution in [-0.4, -0.2) is 27.7 Å². The van der Waals surface area contributed by atoms with E-state index < -0.39 is 0 Å². The van der Waals surface area contributed by atoms with E-state index in [4.69, 9.17) is 5.73 Å². The summed E-state index contributed by atoms with van der Waals surface area (Å²) in [5, 5.41) is 0. The van der Waals surface area contributed by atoms with Crippen molar-refractivity contribution in [3.05, 3.63) is 22.7 Å². The number of piperidine rings is 1. The van der Waals surface area contributed by atoms with E-state index in [2.05, 4.69) is 9.88 Å². The molecule has 2 saturated heterocycles. The Kier molecular flexibility index (Phi) is 2.45. The van der Waals surface area contributed by atoms with Crippen LogP contribution in [0.1, 0.15) is 44.6 Å². The molecule has 0 spiro atoms. The van der Waals surface area contributed by atoms with E-state index in [0.717, 1.165) is 38.5 Å². The van der Waals surface area contributed by atoms with Gasteiger partial charge in [-0.25, -0.2) is 4.98 Å². The molecule has 102 valence electrons. The molecular weight excluding hydrogens is 240 g/mol. The maximum absolute atomic E-state index is 12.6. The normalized spacial score (nSPS) is 33.7. The summed E-state index contributed by atoms with van der Waals surface area (Å²) in [5.41, 5.74) is 6.19. The van der Waals surface area contributed by atoms with Crippen molar-refractivity contribution in [2.24, 2.45) is 5.73 Å². The fourth-order valence-electron chi connectivity index (χ4n) is 3.80. The first kappa shape index (κ1) is 11.5. The summed E-state index contributed by atoms with van der Waals surface area (Å²) in [6.45, 7) is 0. The smallest absolute Gasteiger partial charge is 0.293 e. The van der Waals surface area contributed by atoms with Gasteiger partial charge < -0.3 is 15.2 Å². The fourth-order valence-corrected chi connectivity index (χ4v) is 3.80. The van der Waals surface area contributed by atoms with Crippen molar-refractivity contribution in [1.29, 1.82) is 0 Å². The first-order valence-corrected chi connectivity index (χ1v) is 7.35. The van der Waals surface area contributed by atoms with E-state index >= 15 is 0 Å². The Morgan fingerprint density at radius 1 is 1.11 bits per heavy atom. The van der Waals surface area contributed by atoms with Crippen LogP contribution >= 0.6 is 0 Å². The van der Waals surface area contributed by atoms with E-state index in [-0.39, 0.29) is 5.56 Å². The van der Waals surface area contributed by atoms with Gasteiger partial charge >= 0.3 is 0 Å². The number of anilines is 1. The Morgan fingerprint density at radius 3 is 2.37 bits per heavy atom. The third-order valence-electron chi connectivity index (χ3n) is 4.80. The summed E-state index contributed by atoms with van der Waals surface area (Å²) >= 11 is 0. The quantitative estimate of drug-likeness (QED) is 0.863. The zero-order valence-corrected chi connectivity index (χ0v) is 11.0. The lowest BCUT2D eigenvalue weighted by Gasteiger charge is -2.38. The molecule has 0 radical (unpaired) electrons. The molecule has 4 rings (SSSR count). The van der Waals surface area contributed by atoms with E-state index in [1.165, 1.54) is 0 Å². The van der Waals surface area contributed by atoms with Crippen LogP contribution in [-0.2, 0) is 0 Å². The Labute approximate surface area is 112 Å². The number of fused-ring (bicyclic) bond motifs is 2. The molecule has 2 atom stereocenters. The molecule has 2 bridgehead atoms. The second-order valence-electron chi connectivity index (χ2n) is 6.22. The Hall–Kier alpha value is -1.36. The third kappa shape index (κ3) is 1.79. The molecule has 3 heterocycles. The van der Waals surface area contributed by atoms with Gasteiger partial charge in [0.2, 0.25) is 0 Å². The lowest BCUT2D eigenvalue weighted by atomic mass is 9.98. The van der Waals surface area contributed by atoms with Crippen LogP contribution in [0.4, 0.5) is 5.82 Å². The molecule has 5 heteroatoms. The van der Waals surface area contributed by atoms with Gasteiger partial charge in [0.25, 0.3) is 5.56 Å². The molecule has 19 heavy (non-hydrogen) atoms. The fraction of sp³-hybridized carbons (Fsp3) is 0.714. The largest absolute Gasteiger partial charge is 0.346 e. The molecule has 1 saturated carbocycles. The van der Waals surface area contributed by atoms with Crippen LogP contribution < -0.4 is 16.2 Å². The van der Waals surface area contributed by atoms with E-state index in [0.29, 0.717) is 30.0 Å². The van der Waals surface area contributed by atoms with Crippen LogP contribution in [0, 0.1) is 0 Å². The van der Waals surface area contributed by atoms with Gasteiger partial charge in [-0.05, 0) is 38.5 Å². The minimum atomic E-state index is 0.0948. The van der Waals surface area contributed by atoms with Gasteiger partial charge in [-0.2, -0.15) is 0 Å². The zero-order chi connectivity index (χ0) is 13.0. The molecule has 2 unspecified atom stereocenters. The number of nitrogens with zero attached hydrogens (tertiary/aromatic N) is 3. The average Bonchev–Trinajstić information content (AvgIpc) is 3.17. The second kappa shape index (κ2) is 4.07. The van der Waals surface area contributed by atoms with E-state index in [1.54, 1.807) is 6.20 Å². The molecule has 1 aliphatic carbocycles. The third-order valence-corrected chi connectivity index (χ3v) is 4.80. The van der Waals surface area contributed by atoms with Crippen LogP contribution in [0.3, 0.4) is 0 Å². The Morgan fingerprint density at radius 2 is 1.74 bits per heavy atom. The molecular formula is C14H20N4O. The maximum Gasteiger partial charge on any atom is 0.293 e. The highest BCUT2D eigenvalue weighted by atomic mass is 16.1. The van der Waals surface area contributed by atoms with E-state index in [1.807, 2.05) is 10.8 Å². The van der Waals surface area contributed by atoms with Crippen LogP contribution in [0.15, 0.2) is 17.2 Å². The molecule has 1 aromatic rings. The second-order valence-corrected chi connectivity index (χ2v) is 6.22. The summed E-state index contributed by atoms with van der Waals surface area (Å²) in [6, 6.07) is 1.55. The predicted octanol–water partition coefficient (Wildman–Crippen LogP) is 1.04. The number of hydrogen-bond donors (Lipinski definition) is 1. The minimum Gasteiger partial charge on any atom is -0.346 e. The highest BCUT2D eigenvalue weighted by molar-refractivity contribution is 5.42. The van der Waals surface area contributed by atoms with Crippen molar-refractivity contribution in [2.75, 3.05) is 4.90 Å². The van der Waals surface area contributed by atoms with Crippen molar-refractivity contribution < 1.29 is 0 Å². The lowest BCUT2D eigenvalue weighted by Crippen LogP contribution is -2.50. The summed E-state index contributed by atoms with van der Waals surface area (Å²) in [4.78, 5) is 19.2. The van der Waals surface area contributed by atoms with Crippen molar-refractivity contribution in [3.63, 3.8) is 0 Å². The lowest BCUT2D eigenvalue weighted by molar-refractivity contribution is 0.410. The van der Waals surface area contributed by atoms with Crippen molar-refractivity contribution in [3.8, 4) is 0 Å². The van der Waals surface area contributed by atoms with Gasteiger partial charge in [0.05, 0.1) is 0 Å². The van der Waals surface area contributed by atoms with Crippen molar-refractivity contribution in [2.45, 2.75) is 62.7 Å². The number of nitrogens with two attached hydrogens (primary N) is 1. The minimum absolute atomic E-state index is 0.0948. The summed E-state index contributed by atoms with van der Waals surface area (Å²) in [5.74, 6) is 0.661. The molecule has 2 aliphatic heterocycles. The SMILES string of the molecule is NC1CC2CCC(C1)N2c1nccn(C2CC2)c1=O. The summed E-state index contributed by atoms with van der Waals surface area (Å²) in [6.07, 6.45) is 10.2. The number of aromatic nitrogens is 2. The van der Waals surface area contributed by atoms with Crippen molar-refractivity contribution >= 4 is 5.82 Å². The molecule has 0 aromatic carbocycles. The molecule has 1 aromatic heterocycles. The van der Waals surface area contributed by atoms with Crippen LogP contribution in [0.25, 0.3) is 0 Å². The Balaban J connectivity index is 1.73. The van der Waals surface area contributed by atoms with Crippen LogP contribution in [0.5, 0.6) is 0 Å². The van der Waals surface area contributed by atoms with Gasteiger partial charge in [-0.15, -0.1) is 0 Å². The standard InChI is InChI=1S/C14H20N4O/c15-9-7-11-3-4-12(8-9)18(11)13-14(19)17(6-5-16-13)10-1-2-10/h5-6,9-12H,1-4,7-8,15H2.